The highest BCUT2D eigenvalue weighted by Gasteiger charge is 2.19. The van der Waals surface area contributed by atoms with Crippen molar-refractivity contribution in [3.05, 3.63) is 35.4 Å². The summed E-state index contributed by atoms with van der Waals surface area (Å²) in [6.07, 6.45) is 0.664. The maximum Gasteiger partial charge on any atom is 0.0664 e. The highest BCUT2D eigenvalue weighted by Crippen LogP contribution is 2.22. The summed E-state index contributed by atoms with van der Waals surface area (Å²) in [5.74, 6) is 0. The molecule has 0 fully saturated rings. The molecule has 1 N–H and O–H groups in total. The number of rotatable bonds is 3. The highest BCUT2D eigenvalue weighted by atomic mass is 16.3. The number of hydrogen-bond acceptors (Lipinski definition) is 2. The van der Waals surface area contributed by atoms with Gasteiger partial charge in [0.15, 0.2) is 0 Å². The van der Waals surface area contributed by atoms with Crippen LogP contribution in [0.4, 0.5) is 0 Å². The number of aliphatic hydroxyl groups is 1. The molecule has 1 heterocycles. The van der Waals surface area contributed by atoms with Crippen molar-refractivity contribution < 1.29 is 5.11 Å². The lowest BCUT2D eigenvalue weighted by molar-refractivity contribution is 0.108. The molecule has 0 radical (unpaired) electrons. The Balaban J connectivity index is 1.98. The van der Waals surface area contributed by atoms with Crippen molar-refractivity contribution in [1.82, 2.24) is 4.90 Å². The van der Waals surface area contributed by atoms with E-state index in [9.17, 15) is 5.11 Å². The molecule has 1 aliphatic rings. The molecule has 2 heteroatoms. The van der Waals surface area contributed by atoms with Crippen LogP contribution in [0.2, 0.25) is 0 Å². The van der Waals surface area contributed by atoms with E-state index in [1.165, 1.54) is 11.1 Å². The molecule has 2 nitrogen and oxygen atoms in total. The van der Waals surface area contributed by atoms with Crippen LogP contribution in [0.15, 0.2) is 24.3 Å². The van der Waals surface area contributed by atoms with E-state index in [4.69, 9.17) is 0 Å². The van der Waals surface area contributed by atoms with Crippen molar-refractivity contribution in [1.29, 1.82) is 0 Å². The fourth-order valence-corrected chi connectivity index (χ4v) is 1.96. The molecule has 0 amide bonds. The minimum atomic E-state index is -0.177. The third kappa shape index (κ3) is 1.97. The van der Waals surface area contributed by atoms with Gasteiger partial charge in [-0.3, -0.25) is 4.90 Å². The second kappa shape index (κ2) is 4.11. The zero-order chi connectivity index (χ0) is 9.97. The Bertz CT molecular complexity index is 286. The number of aliphatic hydroxyl groups excluding tert-OH is 1. The molecule has 1 aliphatic heterocycles. The van der Waals surface area contributed by atoms with Gasteiger partial charge in [-0.2, -0.15) is 0 Å². The number of fused-ring (bicyclic) bond motifs is 1. The van der Waals surface area contributed by atoms with Gasteiger partial charge in [-0.25, -0.2) is 0 Å². The quantitative estimate of drug-likeness (QED) is 0.787. The fourth-order valence-electron chi connectivity index (χ4n) is 1.96. The van der Waals surface area contributed by atoms with E-state index in [0.717, 1.165) is 26.1 Å². The highest BCUT2D eigenvalue weighted by molar-refractivity contribution is 5.30. The van der Waals surface area contributed by atoms with E-state index in [2.05, 4.69) is 29.2 Å². The minimum absolute atomic E-state index is 0.177. The summed E-state index contributed by atoms with van der Waals surface area (Å²) in [5, 5.41) is 9.56. The van der Waals surface area contributed by atoms with Gasteiger partial charge in [-0.1, -0.05) is 31.2 Å². The van der Waals surface area contributed by atoms with Gasteiger partial charge in [0, 0.05) is 19.6 Å². The largest absolute Gasteiger partial charge is 0.392 e. The van der Waals surface area contributed by atoms with Gasteiger partial charge in [0.25, 0.3) is 0 Å². The van der Waals surface area contributed by atoms with Crippen LogP contribution in [-0.2, 0) is 13.1 Å². The van der Waals surface area contributed by atoms with Crippen LogP contribution in [0.3, 0.4) is 0 Å². The predicted molar refractivity (Wildman–Crippen MR) is 56.9 cm³/mol. The number of hydrogen-bond donors (Lipinski definition) is 1. The molecular formula is C12H17NO. The van der Waals surface area contributed by atoms with E-state index in [-0.39, 0.29) is 6.10 Å². The van der Waals surface area contributed by atoms with E-state index >= 15 is 0 Å². The maximum atomic E-state index is 9.56. The van der Waals surface area contributed by atoms with E-state index in [0.29, 0.717) is 0 Å². The Morgan fingerprint density at radius 2 is 1.86 bits per heavy atom. The molecule has 0 bridgehead atoms. The van der Waals surface area contributed by atoms with Crippen molar-refractivity contribution in [2.24, 2.45) is 0 Å². The van der Waals surface area contributed by atoms with Crippen LogP contribution in [0.1, 0.15) is 24.5 Å². The van der Waals surface area contributed by atoms with Crippen LogP contribution in [0.5, 0.6) is 0 Å². The van der Waals surface area contributed by atoms with Gasteiger partial charge in [-0.05, 0) is 17.5 Å². The van der Waals surface area contributed by atoms with Crippen LogP contribution in [-0.4, -0.2) is 22.7 Å². The lowest BCUT2D eigenvalue weighted by Gasteiger charge is -2.17. The van der Waals surface area contributed by atoms with Crippen LogP contribution in [0.25, 0.3) is 0 Å². The number of β-amino-alcohol motifs (C(OH)–C–C–N with tert-alkyl or cyclic N) is 1. The molecule has 0 spiro atoms. The summed E-state index contributed by atoms with van der Waals surface area (Å²) in [7, 11) is 0. The summed E-state index contributed by atoms with van der Waals surface area (Å²) in [6, 6.07) is 8.51. The Morgan fingerprint density at radius 1 is 1.29 bits per heavy atom. The van der Waals surface area contributed by atoms with Crippen LogP contribution in [0, 0.1) is 0 Å². The zero-order valence-electron chi connectivity index (χ0n) is 8.61. The first-order chi connectivity index (χ1) is 6.79. The fraction of sp³-hybridized carbons (Fsp3) is 0.500. The normalized spacial score (nSPS) is 18.1. The molecule has 0 aliphatic carbocycles. The molecule has 1 aromatic carbocycles. The first-order valence-electron chi connectivity index (χ1n) is 5.26. The third-order valence-corrected chi connectivity index (χ3v) is 2.85. The molecule has 0 aromatic heterocycles. The van der Waals surface area contributed by atoms with Gasteiger partial charge in [-0.15, -0.1) is 0 Å². The number of nitrogens with zero attached hydrogens (tertiary/aromatic N) is 1. The second-order valence-corrected chi connectivity index (χ2v) is 4.00. The van der Waals surface area contributed by atoms with Crippen molar-refractivity contribution in [2.75, 3.05) is 6.54 Å². The summed E-state index contributed by atoms with van der Waals surface area (Å²) in [4.78, 5) is 2.30. The maximum absolute atomic E-state index is 9.56. The first-order valence-corrected chi connectivity index (χ1v) is 5.26. The molecule has 1 aromatic rings. The topological polar surface area (TPSA) is 23.5 Å². The molecular weight excluding hydrogens is 174 g/mol. The molecule has 76 valence electrons. The average Bonchev–Trinajstić information content (AvgIpc) is 2.59. The summed E-state index contributed by atoms with van der Waals surface area (Å²) < 4.78 is 0. The van der Waals surface area contributed by atoms with Crippen LogP contribution < -0.4 is 0 Å². The molecule has 14 heavy (non-hydrogen) atoms. The van der Waals surface area contributed by atoms with E-state index in [1.54, 1.807) is 0 Å². The Morgan fingerprint density at radius 3 is 2.36 bits per heavy atom. The van der Waals surface area contributed by atoms with E-state index in [1.807, 2.05) is 6.92 Å². The van der Waals surface area contributed by atoms with Crippen molar-refractivity contribution in [3.63, 3.8) is 0 Å². The second-order valence-electron chi connectivity index (χ2n) is 4.00. The standard InChI is InChI=1S/C12H17NO/c1-2-12(14)9-13-7-10-5-3-4-6-11(10)8-13/h3-6,12,14H,2,7-9H2,1H3. The summed E-state index contributed by atoms with van der Waals surface area (Å²) >= 11 is 0. The van der Waals surface area contributed by atoms with Gasteiger partial charge in [0.2, 0.25) is 0 Å². The average molecular weight is 191 g/mol. The Labute approximate surface area is 85.2 Å². The smallest absolute Gasteiger partial charge is 0.0664 e. The third-order valence-electron chi connectivity index (χ3n) is 2.85. The van der Waals surface area contributed by atoms with E-state index < -0.39 is 0 Å². The lowest BCUT2D eigenvalue weighted by atomic mass is 10.1. The molecule has 1 atom stereocenters. The minimum Gasteiger partial charge on any atom is -0.392 e. The summed E-state index contributed by atoms with van der Waals surface area (Å²) in [6.45, 7) is 4.81. The lowest BCUT2D eigenvalue weighted by Crippen LogP contribution is -2.27. The zero-order valence-corrected chi connectivity index (χ0v) is 8.61. The van der Waals surface area contributed by atoms with Gasteiger partial charge in [0.1, 0.15) is 0 Å². The van der Waals surface area contributed by atoms with Crippen molar-refractivity contribution >= 4 is 0 Å². The molecule has 2 rings (SSSR count). The summed E-state index contributed by atoms with van der Waals surface area (Å²) in [5.41, 5.74) is 2.83. The van der Waals surface area contributed by atoms with Crippen LogP contribution >= 0.6 is 0 Å². The van der Waals surface area contributed by atoms with Gasteiger partial charge < -0.3 is 5.11 Å². The van der Waals surface area contributed by atoms with Gasteiger partial charge in [0.05, 0.1) is 6.10 Å². The molecule has 1 unspecified atom stereocenters. The van der Waals surface area contributed by atoms with Crippen molar-refractivity contribution in [2.45, 2.75) is 32.5 Å². The SMILES string of the molecule is CCC(O)CN1Cc2ccccc2C1. The van der Waals surface area contributed by atoms with Crippen molar-refractivity contribution in [3.8, 4) is 0 Å². The molecule has 0 saturated heterocycles. The Kier molecular flexibility index (Phi) is 2.85. The van der Waals surface area contributed by atoms with Gasteiger partial charge >= 0.3 is 0 Å². The number of benzene rings is 1. The first kappa shape index (κ1) is 9.69. The predicted octanol–water partition coefficient (Wildman–Crippen LogP) is 1.77. The Hall–Kier alpha value is -0.860. The monoisotopic (exact) mass is 191 g/mol. The molecule has 0 saturated carbocycles.